The van der Waals surface area contributed by atoms with Gasteiger partial charge in [-0.05, 0) is 80.4 Å². The highest BCUT2D eigenvalue weighted by molar-refractivity contribution is 8.18. The number of hydrogen-bond acceptors (Lipinski definition) is 5. The van der Waals surface area contributed by atoms with Crippen LogP contribution in [-0.2, 0) is 9.53 Å². The zero-order valence-electron chi connectivity index (χ0n) is 18.4. The SMILES string of the molecule is CCCCOC(=O)c1ccc(-n2c(C)cc(/C=C3\SC(=O)N(CCC)C3=O)c2C)cc1. The number of aromatic nitrogens is 1. The van der Waals surface area contributed by atoms with E-state index in [2.05, 4.69) is 11.5 Å². The summed E-state index contributed by atoms with van der Waals surface area (Å²) in [4.78, 5) is 38.5. The molecular formula is C24H28N2O4S. The van der Waals surface area contributed by atoms with Crippen molar-refractivity contribution in [3.63, 3.8) is 0 Å². The van der Waals surface area contributed by atoms with E-state index in [1.165, 1.54) is 4.90 Å². The predicted octanol–water partition coefficient (Wildman–Crippen LogP) is 5.50. The minimum absolute atomic E-state index is 0.215. The summed E-state index contributed by atoms with van der Waals surface area (Å²) in [7, 11) is 0. The average Bonchev–Trinajstić information content (AvgIpc) is 3.18. The van der Waals surface area contributed by atoms with Gasteiger partial charge in [0.2, 0.25) is 0 Å². The number of unbranched alkanes of at least 4 members (excludes halogenated alkanes) is 1. The number of thioether (sulfide) groups is 1. The van der Waals surface area contributed by atoms with Gasteiger partial charge in [0, 0.05) is 23.6 Å². The number of nitrogens with zero attached hydrogens (tertiary/aromatic N) is 2. The molecule has 1 aliphatic heterocycles. The molecule has 1 saturated heterocycles. The van der Waals surface area contributed by atoms with Crippen LogP contribution in [0.1, 0.15) is 60.4 Å². The monoisotopic (exact) mass is 440 g/mol. The van der Waals surface area contributed by atoms with E-state index in [0.717, 1.165) is 53.7 Å². The number of aryl methyl sites for hydroxylation is 1. The number of hydrogen-bond donors (Lipinski definition) is 0. The normalized spacial score (nSPS) is 15.2. The lowest BCUT2D eigenvalue weighted by atomic mass is 10.2. The van der Waals surface area contributed by atoms with Crippen molar-refractivity contribution < 1.29 is 19.1 Å². The minimum atomic E-state index is -0.315. The lowest BCUT2D eigenvalue weighted by Gasteiger charge is -2.11. The second kappa shape index (κ2) is 10.0. The third-order valence-electron chi connectivity index (χ3n) is 5.17. The number of benzene rings is 1. The van der Waals surface area contributed by atoms with E-state index in [-0.39, 0.29) is 17.1 Å². The molecule has 0 unspecified atom stereocenters. The first-order valence-electron chi connectivity index (χ1n) is 10.6. The molecule has 2 heterocycles. The maximum Gasteiger partial charge on any atom is 0.338 e. The lowest BCUT2D eigenvalue weighted by Crippen LogP contribution is -2.28. The molecule has 1 aromatic heterocycles. The van der Waals surface area contributed by atoms with E-state index < -0.39 is 0 Å². The van der Waals surface area contributed by atoms with E-state index in [4.69, 9.17) is 4.74 Å². The molecule has 6 nitrogen and oxygen atoms in total. The van der Waals surface area contributed by atoms with Gasteiger partial charge >= 0.3 is 5.97 Å². The van der Waals surface area contributed by atoms with Crippen molar-refractivity contribution in [2.24, 2.45) is 0 Å². The van der Waals surface area contributed by atoms with Crippen LogP contribution in [0, 0.1) is 13.8 Å². The first kappa shape index (κ1) is 22.9. The van der Waals surface area contributed by atoms with Gasteiger partial charge < -0.3 is 9.30 Å². The zero-order chi connectivity index (χ0) is 22.5. The van der Waals surface area contributed by atoms with Gasteiger partial charge in [-0.25, -0.2) is 4.79 Å². The molecule has 0 N–H and O–H groups in total. The van der Waals surface area contributed by atoms with Crippen molar-refractivity contribution in [3.05, 3.63) is 57.8 Å². The van der Waals surface area contributed by atoms with Crippen LogP contribution in [0.4, 0.5) is 4.79 Å². The fourth-order valence-electron chi connectivity index (χ4n) is 3.53. The number of carbonyl (C=O) groups excluding carboxylic acids is 3. The molecule has 164 valence electrons. The number of imide groups is 1. The number of rotatable bonds is 8. The Morgan fingerprint density at radius 2 is 1.81 bits per heavy atom. The number of amides is 2. The van der Waals surface area contributed by atoms with Gasteiger partial charge in [0.1, 0.15) is 0 Å². The van der Waals surface area contributed by atoms with Gasteiger partial charge in [0.15, 0.2) is 0 Å². The van der Waals surface area contributed by atoms with Gasteiger partial charge in [0.05, 0.1) is 17.1 Å². The van der Waals surface area contributed by atoms with Crippen molar-refractivity contribution in [3.8, 4) is 5.69 Å². The molecule has 0 bridgehead atoms. The fourth-order valence-corrected chi connectivity index (χ4v) is 4.38. The Balaban J connectivity index is 1.83. The molecule has 2 aromatic rings. The fraction of sp³-hybridized carbons (Fsp3) is 0.375. The summed E-state index contributed by atoms with van der Waals surface area (Å²) in [5, 5.41) is -0.215. The van der Waals surface area contributed by atoms with E-state index in [0.29, 0.717) is 23.6 Å². The number of carbonyl (C=O) groups is 3. The highest BCUT2D eigenvalue weighted by atomic mass is 32.2. The largest absolute Gasteiger partial charge is 0.462 e. The minimum Gasteiger partial charge on any atom is -0.462 e. The molecule has 0 atom stereocenters. The van der Waals surface area contributed by atoms with Crippen LogP contribution in [0.2, 0.25) is 0 Å². The summed E-state index contributed by atoms with van der Waals surface area (Å²) >= 11 is 0.987. The molecule has 1 fully saturated rings. The number of esters is 1. The van der Waals surface area contributed by atoms with E-state index >= 15 is 0 Å². The van der Waals surface area contributed by atoms with Crippen LogP contribution in [0.25, 0.3) is 11.8 Å². The average molecular weight is 441 g/mol. The molecular weight excluding hydrogens is 412 g/mol. The lowest BCUT2D eigenvalue weighted by molar-refractivity contribution is -0.122. The van der Waals surface area contributed by atoms with Crippen LogP contribution >= 0.6 is 11.8 Å². The molecule has 0 saturated carbocycles. The van der Waals surface area contributed by atoms with Gasteiger partial charge in [-0.2, -0.15) is 0 Å². The van der Waals surface area contributed by atoms with Gasteiger partial charge in [0.25, 0.3) is 11.1 Å². The van der Waals surface area contributed by atoms with Crippen LogP contribution in [0.15, 0.2) is 35.2 Å². The summed E-state index contributed by atoms with van der Waals surface area (Å²) in [6, 6.07) is 9.29. The molecule has 2 amide bonds. The highest BCUT2D eigenvalue weighted by Gasteiger charge is 2.34. The Morgan fingerprint density at radius 1 is 1.10 bits per heavy atom. The maximum atomic E-state index is 12.5. The first-order chi connectivity index (χ1) is 14.9. The van der Waals surface area contributed by atoms with Crippen molar-refractivity contribution >= 4 is 35.0 Å². The summed E-state index contributed by atoms with van der Waals surface area (Å²) in [6.45, 7) is 8.82. The molecule has 7 heteroatoms. The summed E-state index contributed by atoms with van der Waals surface area (Å²) in [5.74, 6) is -0.544. The highest BCUT2D eigenvalue weighted by Crippen LogP contribution is 2.33. The smallest absolute Gasteiger partial charge is 0.338 e. The molecule has 1 aromatic carbocycles. The zero-order valence-corrected chi connectivity index (χ0v) is 19.3. The first-order valence-corrected chi connectivity index (χ1v) is 11.4. The van der Waals surface area contributed by atoms with Crippen LogP contribution < -0.4 is 0 Å². The van der Waals surface area contributed by atoms with Gasteiger partial charge in [-0.3, -0.25) is 14.5 Å². The van der Waals surface area contributed by atoms with Crippen molar-refractivity contribution in [1.82, 2.24) is 9.47 Å². The number of ether oxygens (including phenoxy) is 1. The third kappa shape index (κ3) is 4.93. The summed E-state index contributed by atoms with van der Waals surface area (Å²) in [5.41, 5.74) is 4.28. The van der Waals surface area contributed by atoms with Crippen molar-refractivity contribution in [1.29, 1.82) is 0 Å². The van der Waals surface area contributed by atoms with Crippen LogP contribution in [0.3, 0.4) is 0 Å². The molecule has 1 aliphatic rings. The van der Waals surface area contributed by atoms with Crippen LogP contribution in [0.5, 0.6) is 0 Å². The Labute approximate surface area is 187 Å². The van der Waals surface area contributed by atoms with E-state index in [1.54, 1.807) is 18.2 Å². The van der Waals surface area contributed by atoms with E-state index in [9.17, 15) is 14.4 Å². The topological polar surface area (TPSA) is 68.6 Å². The quantitative estimate of drug-likeness (QED) is 0.308. The van der Waals surface area contributed by atoms with Crippen molar-refractivity contribution in [2.75, 3.05) is 13.2 Å². The third-order valence-corrected chi connectivity index (χ3v) is 6.08. The van der Waals surface area contributed by atoms with Crippen LogP contribution in [-0.4, -0.2) is 39.7 Å². The molecule has 3 rings (SSSR count). The molecule has 0 spiro atoms. The Kier molecular flexibility index (Phi) is 7.38. The molecule has 31 heavy (non-hydrogen) atoms. The Morgan fingerprint density at radius 3 is 2.45 bits per heavy atom. The van der Waals surface area contributed by atoms with E-state index in [1.807, 2.05) is 39.0 Å². The Hall–Kier alpha value is -2.80. The second-order valence-corrected chi connectivity index (χ2v) is 8.52. The standard InChI is InChI=1S/C24H28N2O4S/c1-5-7-13-30-23(28)18-8-10-20(11-9-18)26-16(3)14-19(17(26)4)15-21-22(27)25(12-6-2)24(29)31-21/h8-11,14-15H,5-7,12-13H2,1-4H3/b21-15-. The van der Waals surface area contributed by atoms with Crippen molar-refractivity contribution in [2.45, 2.75) is 47.0 Å². The molecule has 0 aliphatic carbocycles. The van der Waals surface area contributed by atoms with Gasteiger partial charge in [-0.1, -0.05) is 20.3 Å². The summed E-state index contributed by atoms with van der Waals surface area (Å²) < 4.78 is 7.33. The molecule has 0 radical (unpaired) electrons. The second-order valence-electron chi connectivity index (χ2n) is 7.53. The predicted molar refractivity (Wildman–Crippen MR) is 123 cm³/mol. The van der Waals surface area contributed by atoms with Gasteiger partial charge in [-0.15, -0.1) is 0 Å². The maximum absolute atomic E-state index is 12.5. The Bertz CT molecular complexity index is 1020. The summed E-state index contributed by atoms with van der Waals surface area (Å²) in [6.07, 6.45) is 4.36.